The maximum absolute atomic E-state index is 13.0. The summed E-state index contributed by atoms with van der Waals surface area (Å²) in [6, 6.07) is 5.02. The lowest BCUT2D eigenvalue weighted by Crippen LogP contribution is -2.52. The Kier molecular flexibility index (Phi) is 7.57. The quantitative estimate of drug-likeness (QED) is 0.746. The molecule has 2 atom stereocenters. The Balaban J connectivity index is 1.93. The molecular formula is C20H30FN3O2. The van der Waals surface area contributed by atoms with Crippen LogP contribution in [0.2, 0.25) is 0 Å². The smallest absolute Gasteiger partial charge is 0.251 e. The third-order valence-electron chi connectivity index (χ3n) is 4.98. The summed E-state index contributed by atoms with van der Waals surface area (Å²) in [5.74, 6) is -0.989. The fourth-order valence-corrected chi connectivity index (χ4v) is 3.33. The number of amides is 2. The van der Waals surface area contributed by atoms with E-state index in [1.54, 1.807) is 0 Å². The van der Waals surface area contributed by atoms with Gasteiger partial charge in [-0.3, -0.25) is 14.5 Å². The second-order valence-electron chi connectivity index (χ2n) is 7.25. The molecule has 2 amide bonds. The van der Waals surface area contributed by atoms with Crippen molar-refractivity contribution in [3.05, 3.63) is 35.6 Å². The molecule has 1 aliphatic rings. The maximum atomic E-state index is 13.0. The van der Waals surface area contributed by atoms with Gasteiger partial charge in [0.05, 0.1) is 0 Å². The van der Waals surface area contributed by atoms with Crippen molar-refractivity contribution in [1.29, 1.82) is 0 Å². The van der Waals surface area contributed by atoms with Crippen LogP contribution < -0.4 is 10.6 Å². The van der Waals surface area contributed by atoms with Gasteiger partial charge in [-0.25, -0.2) is 4.39 Å². The van der Waals surface area contributed by atoms with Gasteiger partial charge in [0.2, 0.25) is 5.91 Å². The highest BCUT2D eigenvalue weighted by Crippen LogP contribution is 2.14. The van der Waals surface area contributed by atoms with E-state index in [0.717, 1.165) is 19.5 Å². The van der Waals surface area contributed by atoms with Crippen molar-refractivity contribution in [2.24, 2.45) is 5.92 Å². The first kappa shape index (κ1) is 20.4. The molecule has 0 spiro atoms. The highest BCUT2D eigenvalue weighted by molar-refractivity contribution is 5.97. The number of carbonyl (C=O) groups is 2. The number of carbonyl (C=O) groups excluding carboxylic acids is 2. The number of halogens is 1. The number of hydrogen-bond donors (Lipinski definition) is 2. The van der Waals surface area contributed by atoms with Gasteiger partial charge >= 0.3 is 0 Å². The molecule has 2 unspecified atom stereocenters. The number of likely N-dealkylation sites (tertiary alicyclic amines) is 1. The Hall–Kier alpha value is -1.95. The summed E-state index contributed by atoms with van der Waals surface area (Å²) < 4.78 is 13.0. The van der Waals surface area contributed by atoms with E-state index in [2.05, 4.69) is 22.5 Å². The highest BCUT2D eigenvalue weighted by atomic mass is 19.1. The molecule has 1 aliphatic heterocycles. The summed E-state index contributed by atoms with van der Waals surface area (Å²) in [6.07, 6.45) is 3.41. The molecule has 2 N–H and O–H groups in total. The Labute approximate surface area is 155 Å². The molecule has 0 aliphatic carbocycles. The van der Waals surface area contributed by atoms with Crippen LogP contribution in [0.5, 0.6) is 0 Å². The van der Waals surface area contributed by atoms with Gasteiger partial charge in [-0.2, -0.15) is 0 Å². The van der Waals surface area contributed by atoms with Crippen molar-refractivity contribution in [3.63, 3.8) is 0 Å². The van der Waals surface area contributed by atoms with Gasteiger partial charge in [-0.15, -0.1) is 0 Å². The second kappa shape index (κ2) is 9.67. The molecule has 0 saturated carbocycles. The van der Waals surface area contributed by atoms with Crippen LogP contribution in [0.15, 0.2) is 24.3 Å². The van der Waals surface area contributed by atoms with E-state index in [4.69, 9.17) is 0 Å². The van der Waals surface area contributed by atoms with Crippen LogP contribution in [-0.2, 0) is 4.79 Å². The van der Waals surface area contributed by atoms with E-state index in [1.807, 2.05) is 13.8 Å². The standard InChI is InChI=1S/C20H30FN3O2/c1-4-17(24-11-5-6-12-24)13-22-20(26)18(14(2)3)23-19(25)15-7-9-16(21)10-8-15/h7-10,14,17-18H,4-6,11-13H2,1-3H3,(H,22,26)(H,23,25). The fourth-order valence-electron chi connectivity index (χ4n) is 3.33. The third-order valence-corrected chi connectivity index (χ3v) is 4.98. The first-order chi connectivity index (χ1) is 12.4. The number of nitrogens with one attached hydrogen (secondary N) is 2. The SMILES string of the molecule is CCC(CNC(=O)C(NC(=O)c1ccc(F)cc1)C(C)C)N1CCCC1. The summed E-state index contributed by atoms with van der Waals surface area (Å²) in [4.78, 5) is 27.4. The fraction of sp³-hybridized carbons (Fsp3) is 0.600. The molecule has 6 heteroatoms. The normalized spacial score (nSPS) is 17.1. The second-order valence-corrected chi connectivity index (χ2v) is 7.25. The van der Waals surface area contributed by atoms with Gasteiger partial charge in [-0.05, 0) is 62.5 Å². The Morgan fingerprint density at radius 1 is 1.15 bits per heavy atom. The zero-order valence-corrected chi connectivity index (χ0v) is 15.9. The van der Waals surface area contributed by atoms with E-state index < -0.39 is 11.9 Å². The Morgan fingerprint density at radius 3 is 2.31 bits per heavy atom. The van der Waals surface area contributed by atoms with E-state index in [0.29, 0.717) is 18.2 Å². The van der Waals surface area contributed by atoms with Crippen molar-refractivity contribution >= 4 is 11.8 Å². The van der Waals surface area contributed by atoms with Crippen LogP contribution in [0.25, 0.3) is 0 Å². The lowest BCUT2D eigenvalue weighted by atomic mass is 10.0. The van der Waals surface area contributed by atoms with Crippen LogP contribution in [0, 0.1) is 11.7 Å². The van der Waals surface area contributed by atoms with E-state index in [-0.39, 0.29) is 17.7 Å². The largest absolute Gasteiger partial charge is 0.353 e. The van der Waals surface area contributed by atoms with Gasteiger partial charge in [0.15, 0.2) is 0 Å². The Bertz CT molecular complexity index is 598. The predicted octanol–water partition coefficient (Wildman–Crippen LogP) is 2.57. The Morgan fingerprint density at radius 2 is 1.77 bits per heavy atom. The van der Waals surface area contributed by atoms with Crippen LogP contribution >= 0.6 is 0 Å². The molecule has 1 heterocycles. The van der Waals surface area contributed by atoms with Gasteiger partial charge < -0.3 is 10.6 Å². The monoisotopic (exact) mass is 363 g/mol. The van der Waals surface area contributed by atoms with Crippen molar-refractivity contribution in [3.8, 4) is 0 Å². The number of rotatable bonds is 8. The highest BCUT2D eigenvalue weighted by Gasteiger charge is 2.26. The summed E-state index contributed by atoms with van der Waals surface area (Å²) in [5, 5.41) is 5.78. The van der Waals surface area contributed by atoms with Gasteiger partial charge in [0, 0.05) is 18.2 Å². The van der Waals surface area contributed by atoms with Crippen LogP contribution in [0.3, 0.4) is 0 Å². The first-order valence-corrected chi connectivity index (χ1v) is 9.50. The molecule has 0 aromatic heterocycles. The molecule has 5 nitrogen and oxygen atoms in total. The zero-order valence-electron chi connectivity index (χ0n) is 15.9. The van der Waals surface area contributed by atoms with Crippen molar-refractivity contribution in [1.82, 2.24) is 15.5 Å². The minimum atomic E-state index is -0.622. The van der Waals surface area contributed by atoms with Crippen molar-refractivity contribution in [2.75, 3.05) is 19.6 Å². The number of hydrogen-bond acceptors (Lipinski definition) is 3. The molecule has 2 rings (SSSR count). The molecule has 0 bridgehead atoms. The third kappa shape index (κ3) is 5.53. The molecule has 1 saturated heterocycles. The zero-order chi connectivity index (χ0) is 19.1. The van der Waals surface area contributed by atoms with Gasteiger partial charge in [-0.1, -0.05) is 20.8 Å². The number of benzene rings is 1. The topological polar surface area (TPSA) is 61.4 Å². The summed E-state index contributed by atoms with van der Waals surface area (Å²) >= 11 is 0. The summed E-state index contributed by atoms with van der Waals surface area (Å²) in [7, 11) is 0. The van der Waals surface area contributed by atoms with Gasteiger partial charge in [0.1, 0.15) is 11.9 Å². The molecule has 144 valence electrons. The molecular weight excluding hydrogens is 333 g/mol. The maximum Gasteiger partial charge on any atom is 0.251 e. The number of nitrogens with zero attached hydrogens (tertiary/aromatic N) is 1. The average Bonchev–Trinajstić information content (AvgIpc) is 3.14. The molecule has 0 radical (unpaired) electrons. The van der Waals surface area contributed by atoms with E-state index in [1.165, 1.54) is 37.1 Å². The molecule has 26 heavy (non-hydrogen) atoms. The summed E-state index contributed by atoms with van der Waals surface area (Å²) in [5.41, 5.74) is 0.341. The lowest BCUT2D eigenvalue weighted by Gasteiger charge is -2.28. The minimum absolute atomic E-state index is 0.0498. The lowest BCUT2D eigenvalue weighted by molar-refractivity contribution is -0.124. The summed E-state index contributed by atoms with van der Waals surface area (Å²) in [6.45, 7) is 8.68. The van der Waals surface area contributed by atoms with E-state index >= 15 is 0 Å². The van der Waals surface area contributed by atoms with Crippen LogP contribution in [-0.4, -0.2) is 48.4 Å². The molecule has 1 fully saturated rings. The van der Waals surface area contributed by atoms with Crippen LogP contribution in [0.1, 0.15) is 50.4 Å². The molecule has 1 aromatic rings. The molecule has 1 aromatic carbocycles. The van der Waals surface area contributed by atoms with Crippen LogP contribution in [0.4, 0.5) is 4.39 Å². The van der Waals surface area contributed by atoms with Crippen molar-refractivity contribution in [2.45, 2.75) is 52.1 Å². The predicted molar refractivity (Wildman–Crippen MR) is 100 cm³/mol. The first-order valence-electron chi connectivity index (χ1n) is 9.50. The minimum Gasteiger partial charge on any atom is -0.353 e. The van der Waals surface area contributed by atoms with E-state index in [9.17, 15) is 14.0 Å². The average molecular weight is 363 g/mol. The van der Waals surface area contributed by atoms with Gasteiger partial charge in [0.25, 0.3) is 5.91 Å². The van der Waals surface area contributed by atoms with Crippen molar-refractivity contribution < 1.29 is 14.0 Å².